The molecule has 1 saturated carbocycles. The molecule has 5 atom stereocenters. The van der Waals surface area contributed by atoms with Crippen molar-refractivity contribution >= 4 is 58.0 Å². The number of hydrogen-bond donors (Lipinski definition) is 1. The van der Waals surface area contributed by atoms with Gasteiger partial charge in [-0.05, 0) is 53.3 Å². The highest BCUT2D eigenvalue weighted by atomic mass is 35.5. The number of rotatable bonds is 7. The first-order valence-corrected chi connectivity index (χ1v) is 16.1. The van der Waals surface area contributed by atoms with Crippen molar-refractivity contribution in [1.82, 2.24) is 0 Å². The number of aliphatic hydroxyl groups is 1. The fourth-order valence-electron chi connectivity index (χ4n) is 6.92. The number of carbonyl (C=O) groups is 2. The van der Waals surface area contributed by atoms with Crippen LogP contribution in [0.1, 0.15) is 55.7 Å². The third-order valence-electron chi connectivity index (χ3n) is 8.88. The highest BCUT2D eigenvalue weighted by molar-refractivity contribution is 6.35. The van der Waals surface area contributed by atoms with Crippen LogP contribution in [0.4, 0.5) is 0 Å². The number of benzene rings is 5. The lowest BCUT2D eigenvalue weighted by molar-refractivity contribution is -0.0690. The topological polar surface area (TPSA) is 54.4 Å². The number of ketones is 2. The van der Waals surface area contributed by atoms with E-state index < -0.39 is 29.3 Å². The second-order valence-electron chi connectivity index (χ2n) is 11.4. The van der Waals surface area contributed by atoms with Crippen LogP contribution >= 0.6 is 46.4 Å². The molecule has 0 aromatic heterocycles. The molecule has 5 aromatic rings. The van der Waals surface area contributed by atoms with Crippen molar-refractivity contribution in [3.8, 4) is 0 Å². The Morgan fingerprint density at radius 2 is 1.07 bits per heavy atom. The number of Topliss-reactive ketones (excluding diaryl/α,β-unsaturated/α-hetero) is 2. The van der Waals surface area contributed by atoms with E-state index in [4.69, 9.17) is 46.4 Å². The molecule has 6 rings (SSSR count). The smallest absolute Gasteiger partial charge is 0.169 e. The lowest BCUT2D eigenvalue weighted by atomic mass is 9.52. The zero-order valence-electron chi connectivity index (χ0n) is 23.9. The summed E-state index contributed by atoms with van der Waals surface area (Å²) < 4.78 is 0. The van der Waals surface area contributed by atoms with Crippen LogP contribution < -0.4 is 0 Å². The van der Waals surface area contributed by atoms with E-state index in [1.807, 2.05) is 42.5 Å². The summed E-state index contributed by atoms with van der Waals surface area (Å²) in [6, 6.07) is 37.1. The molecule has 1 N–H and O–H groups in total. The first-order chi connectivity index (χ1) is 21.7. The van der Waals surface area contributed by atoms with E-state index in [1.54, 1.807) is 84.9 Å². The van der Waals surface area contributed by atoms with Gasteiger partial charge in [0.25, 0.3) is 0 Å². The molecule has 1 aliphatic carbocycles. The van der Waals surface area contributed by atoms with Crippen molar-refractivity contribution < 1.29 is 14.7 Å². The van der Waals surface area contributed by atoms with E-state index in [0.29, 0.717) is 47.9 Å². The predicted molar refractivity (Wildman–Crippen MR) is 182 cm³/mol. The predicted octanol–water partition coefficient (Wildman–Crippen LogP) is 10.5. The second kappa shape index (κ2) is 13.1. The molecule has 0 saturated heterocycles. The van der Waals surface area contributed by atoms with Gasteiger partial charge in [-0.15, -0.1) is 0 Å². The first-order valence-electron chi connectivity index (χ1n) is 14.6. The normalized spacial score (nSPS) is 23.0. The van der Waals surface area contributed by atoms with E-state index in [0.717, 1.165) is 0 Å². The van der Waals surface area contributed by atoms with Crippen LogP contribution in [0.25, 0.3) is 0 Å². The van der Waals surface area contributed by atoms with Crippen LogP contribution in [0, 0.1) is 11.8 Å². The number of hydrogen-bond acceptors (Lipinski definition) is 3. The summed E-state index contributed by atoms with van der Waals surface area (Å²) in [6.07, 6.45) is 0.0343. The highest BCUT2D eigenvalue weighted by Gasteiger charge is 2.59. The maximum absolute atomic E-state index is 14.8. The number of halogens is 4. The molecule has 0 amide bonds. The lowest BCUT2D eigenvalue weighted by Gasteiger charge is -2.51. The van der Waals surface area contributed by atoms with E-state index in [9.17, 15) is 14.7 Å². The van der Waals surface area contributed by atoms with E-state index >= 15 is 0 Å². The van der Waals surface area contributed by atoms with Crippen molar-refractivity contribution in [3.63, 3.8) is 0 Å². The molecule has 5 unspecified atom stereocenters. The fraction of sp³-hybridized carbons (Fsp3) is 0.158. The Labute approximate surface area is 282 Å². The maximum atomic E-state index is 14.8. The van der Waals surface area contributed by atoms with Crippen molar-refractivity contribution in [2.45, 2.75) is 23.9 Å². The molecule has 7 heteroatoms. The summed E-state index contributed by atoms with van der Waals surface area (Å²) in [7, 11) is 0. The molecule has 226 valence electrons. The summed E-state index contributed by atoms with van der Waals surface area (Å²) in [6.45, 7) is 0. The summed E-state index contributed by atoms with van der Waals surface area (Å²) in [5, 5.41) is 14.6. The molecule has 5 aromatic carbocycles. The summed E-state index contributed by atoms with van der Waals surface area (Å²) in [5.74, 6) is -3.98. The third-order valence-corrected chi connectivity index (χ3v) is 10.0. The van der Waals surface area contributed by atoms with Gasteiger partial charge in [-0.2, -0.15) is 0 Å². The van der Waals surface area contributed by atoms with E-state index in [1.165, 1.54) is 0 Å². The van der Waals surface area contributed by atoms with Gasteiger partial charge >= 0.3 is 0 Å². The van der Waals surface area contributed by atoms with E-state index in [2.05, 4.69) is 0 Å². The van der Waals surface area contributed by atoms with Crippen LogP contribution in [-0.2, 0) is 5.60 Å². The van der Waals surface area contributed by atoms with Crippen molar-refractivity contribution in [2.75, 3.05) is 0 Å². The van der Waals surface area contributed by atoms with Gasteiger partial charge in [0.05, 0.1) is 5.92 Å². The average molecular weight is 674 g/mol. The van der Waals surface area contributed by atoms with Gasteiger partial charge in [-0.3, -0.25) is 9.59 Å². The van der Waals surface area contributed by atoms with Crippen molar-refractivity contribution in [2.24, 2.45) is 11.8 Å². The van der Waals surface area contributed by atoms with Gasteiger partial charge in [-0.25, -0.2) is 0 Å². The molecule has 0 bridgehead atoms. The lowest BCUT2D eigenvalue weighted by Crippen LogP contribution is -2.53. The van der Waals surface area contributed by atoms with Gasteiger partial charge in [0.1, 0.15) is 5.60 Å². The minimum absolute atomic E-state index is 0.0343. The van der Waals surface area contributed by atoms with Gasteiger partial charge in [0.15, 0.2) is 11.6 Å². The Bertz CT molecular complexity index is 1850. The summed E-state index contributed by atoms with van der Waals surface area (Å²) in [5.41, 5.74) is 0.891. The van der Waals surface area contributed by atoms with Crippen molar-refractivity contribution in [3.05, 3.63) is 175 Å². The fourth-order valence-corrected chi connectivity index (χ4v) is 8.00. The first kappa shape index (κ1) is 31.5. The molecule has 3 nitrogen and oxygen atoms in total. The van der Waals surface area contributed by atoms with Crippen LogP contribution in [-0.4, -0.2) is 16.7 Å². The quantitative estimate of drug-likeness (QED) is 0.175. The molecule has 0 radical (unpaired) electrons. The van der Waals surface area contributed by atoms with Gasteiger partial charge in [-0.1, -0.05) is 150 Å². The summed E-state index contributed by atoms with van der Waals surface area (Å²) in [4.78, 5) is 29.7. The molecular formula is C38H28Cl4O3. The molecule has 0 spiro atoms. The Hall–Kier alpha value is -3.44. The van der Waals surface area contributed by atoms with Crippen molar-refractivity contribution in [1.29, 1.82) is 0 Å². The average Bonchev–Trinajstić information content (AvgIpc) is 3.05. The molecular weight excluding hydrogens is 646 g/mol. The minimum Gasteiger partial charge on any atom is -0.384 e. The third kappa shape index (κ3) is 6.08. The second-order valence-corrected chi connectivity index (χ2v) is 13.1. The maximum Gasteiger partial charge on any atom is 0.169 e. The zero-order valence-corrected chi connectivity index (χ0v) is 26.9. The van der Waals surface area contributed by atoms with Gasteiger partial charge in [0, 0.05) is 43.1 Å². The van der Waals surface area contributed by atoms with Crippen LogP contribution in [0.2, 0.25) is 20.1 Å². The minimum atomic E-state index is -1.73. The summed E-state index contributed by atoms with van der Waals surface area (Å²) >= 11 is 26.5. The standard InChI is InChI=1S/C38H28Cl4O3/c39-26-16-18-28(31(41)20-26)30-22-38(45,25-14-8-3-9-15-25)35(37(44)24-12-6-2-7-13-24)33(29-19-17-27(40)21-32(29)42)34(30)36(43)23-10-4-1-5-11-23/h1-21,30,33-35,45H,22H2. The Morgan fingerprint density at radius 3 is 1.58 bits per heavy atom. The van der Waals surface area contributed by atoms with Gasteiger partial charge < -0.3 is 5.11 Å². The van der Waals surface area contributed by atoms with Crippen LogP contribution in [0.15, 0.2) is 127 Å². The van der Waals surface area contributed by atoms with E-state index in [-0.39, 0.29) is 18.0 Å². The zero-order chi connectivity index (χ0) is 31.7. The van der Waals surface area contributed by atoms with Gasteiger partial charge in [0.2, 0.25) is 0 Å². The molecule has 0 heterocycles. The Balaban J connectivity index is 1.70. The molecule has 0 aliphatic heterocycles. The highest BCUT2D eigenvalue weighted by Crippen LogP contribution is 2.60. The molecule has 1 fully saturated rings. The Morgan fingerprint density at radius 1 is 0.600 bits per heavy atom. The monoisotopic (exact) mass is 672 g/mol. The SMILES string of the molecule is O=C(c1ccccc1)C1C(c2ccc(Cl)cc2Cl)CC(O)(c2ccccc2)C(C(=O)c2ccccc2)C1c1ccc(Cl)cc1Cl. The Kier molecular flexibility index (Phi) is 9.19. The molecule has 1 aliphatic rings. The largest absolute Gasteiger partial charge is 0.384 e. The number of carbonyl (C=O) groups excluding carboxylic acids is 2. The van der Waals surface area contributed by atoms with Crippen LogP contribution in [0.5, 0.6) is 0 Å². The molecule has 45 heavy (non-hydrogen) atoms. The van der Waals surface area contributed by atoms with Crippen LogP contribution in [0.3, 0.4) is 0 Å².